The van der Waals surface area contributed by atoms with Crippen LogP contribution in [0.5, 0.6) is 5.75 Å². The second kappa shape index (κ2) is 7.22. The normalized spacial score (nSPS) is 17.6. The van der Waals surface area contributed by atoms with Crippen molar-refractivity contribution in [1.82, 2.24) is 10.2 Å². The Morgan fingerprint density at radius 3 is 2.50 bits per heavy atom. The van der Waals surface area contributed by atoms with Gasteiger partial charge in [0, 0.05) is 32.1 Å². The highest BCUT2D eigenvalue weighted by Gasteiger charge is 2.23. The van der Waals surface area contributed by atoms with Crippen LogP contribution in [0.25, 0.3) is 10.8 Å². The predicted octanol–water partition coefficient (Wildman–Crippen LogP) is 3.51. The Bertz CT molecular complexity index is 721. The van der Waals surface area contributed by atoms with Gasteiger partial charge in [-0.1, -0.05) is 18.2 Å². The summed E-state index contributed by atoms with van der Waals surface area (Å²) in [6.07, 6.45) is 2.05. The Morgan fingerprint density at radius 1 is 1.17 bits per heavy atom. The zero-order valence-electron chi connectivity index (χ0n) is 14.7. The number of nitrogens with zero attached hydrogens (tertiary/aromatic N) is 1. The smallest absolute Gasteiger partial charge is 0.217 e. The summed E-state index contributed by atoms with van der Waals surface area (Å²) < 4.78 is 5.29. The van der Waals surface area contributed by atoms with Crippen LogP contribution in [0.2, 0.25) is 0 Å². The second-order valence-corrected chi connectivity index (χ2v) is 6.66. The Hall–Kier alpha value is -2.07. The van der Waals surface area contributed by atoms with Crippen LogP contribution in [0, 0.1) is 0 Å². The van der Waals surface area contributed by atoms with Crippen molar-refractivity contribution in [3.8, 4) is 5.75 Å². The van der Waals surface area contributed by atoms with Gasteiger partial charge in [-0.05, 0) is 54.3 Å². The Morgan fingerprint density at radius 2 is 1.83 bits per heavy atom. The quantitative estimate of drug-likeness (QED) is 0.935. The van der Waals surface area contributed by atoms with Gasteiger partial charge in [0.2, 0.25) is 5.91 Å². The molecule has 0 aliphatic carbocycles. The van der Waals surface area contributed by atoms with Gasteiger partial charge < -0.3 is 10.1 Å². The largest absolute Gasteiger partial charge is 0.497 e. The van der Waals surface area contributed by atoms with E-state index in [4.69, 9.17) is 4.74 Å². The third-order valence-electron chi connectivity index (χ3n) is 5.04. The summed E-state index contributed by atoms with van der Waals surface area (Å²) in [5.74, 6) is 0.967. The highest BCUT2D eigenvalue weighted by molar-refractivity contribution is 5.84. The van der Waals surface area contributed by atoms with Gasteiger partial charge in [0.15, 0.2) is 0 Å². The maximum absolute atomic E-state index is 11.2. The van der Waals surface area contributed by atoms with Crippen molar-refractivity contribution < 1.29 is 9.53 Å². The van der Waals surface area contributed by atoms with Crippen LogP contribution in [0.3, 0.4) is 0 Å². The molecule has 2 aromatic rings. The Balaban J connectivity index is 1.70. The summed E-state index contributed by atoms with van der Waals surface area (Å²) >= 11 is 0. The van der Waals surface area contributed by atoms with E-state index < -0.39 is 0 Å². The van der Waals surface area contributed by atoms with Crippen molar-refractivity contribution in [2.75, 3.05) is 20.2 Å². The number of carbonyl (C=O) groups is 1. The molecule has 0 bridgehead atoms. The van der Waals surface area contributed by atoms with Crippen LogP contribution in [-0.4, -0.2) is 37.0 Å². The van der Waals surface area contributed by atoms with Crippen LogP contribution in [0.15, 0.2) is 36.4 Å². The molecule has 1 fully saturated rings. The first kappa shape index (κ1) is 16.8. The van der Waals surface area contributed by atoms with Gasteiger partial charge >= 0.3 is 0 Å². The highest BCUT2D eigenvalue weighted by Crippen LogP contribution is 2.28. The van der Waals surface area contributed by atoms with Crippen molar-refractivity contribution in [1.29, 1.82) is 0 Å². The molecule has 0 aromatic heterocycles. The van der Waals surface area contributed by atoms with E-state index in [2.05, 4.69) is 47.5 Å². The summed E-state index contributed by atoms with van der Waals surface area (Å²) in [7, 11) is 1.70. The maximum atomic E-state index is 11.2. The van der Waals surface area contributed by atoms with Gasteiger partial charge in [0.1, 0.15) is 5.75 Å². The van der Waals surface area contributed by atoms with Crippen molar-refractivity contribution in [2.45, 2.75) is 38.8 Å². The molecule has 128 valence electrons. The fourth-order valence-corrected chi connectivity index (χ4v) is 3.56. The first-order chi connectivity index (χ1) is 11.6. The average Bonchev–Trinajstić information content (AvgIpc) is 2.60. The molecule has 2 aromatic carbocycles. The first-order valence-electron chi connectivity index (χ1n) is 8.65. The molecule has 1 aliphatic heterocycles. The summed E-state index contributed by atoms with van der Waals surface area (Å²) in [5, 5.41) is 5.49. The monoisotopic (exact) mass is 326 g/mol. The molecule has 1 aliphatic rings. The number of amides is 1. The number of carbonyl (C=O) groups excluding carboxylic acids is 1. The summed E-state index contributed by atoms with van der Waals surface area (Å²) in [5.41, 5.74) is 1.34. The number of benzene rings is 2. The minimum atomic E-state index is 0.0754. The van der Waals surface area contributed by atoms with E-state index in [0.717, 1.165) is 31.7 Å². The van der Waals surface area contributed by atoms with Gasteiger partial charge in [-0.15, -0.1) is 0 Å². The molecule has 0 spiro atoms. The topological polar surface area (TPSA) is 41.6 Å². The van der Waals surface area contributed by atoms with Gasteiger partial charge in [0.25, 0.3) is 0 Å². The molecule has 4 heteroatoms. The van der Waals surface area contributed by atoms with Gasteiger partial charge in [0.05, 0.1) is 7.11 Å². The minimum absolute atomic E-state index is 0.0754. The lowest BCUT2D eigenvalue weighted by Gasteiger charge is -2.36. The SMILES string of the molecule is COc1ccc2cc([C@H](C)N3CCC(NC(C)=O)CC3)ccc2c1. The van der Waals surface area contributed by atoms with Crippen LogP contribution in [-0.2, 0) is 4.79 Å². The highest BCUT2D eigenvalue weighted by atomic mass is 16.5. The number of rotatable bonds is 4. The standard InChI is InChI=1S/C20H26N2O2/c1-14(22-10-8-19(9-11-22)21-15(2)23)16-4-5-18-13-20(24-3)7-6-17(18)12-16/h4-7,12-14,19H,8-11H2,1-3H3,(H,21,23)/t14-/m0/s1. The van der Waals surface area contributed by atoms with E-state index in [1.165, 1.54) is 16.3 Å². The van der Waals surface area contributed by atoms with E-state index in [1.807, 2.05) is 6.07 Å². The van der Waals surface area contributed by atoms with E-state index in [0.29, 0.717) is 12.1 Å². The van der Waals surface area contributed by atoms with E-state index >= 15 is 0 Å². The van der Waals surface area contributed by atoms with Crippen LogP contribution >= 0.6 is 0 Å². The zero-order valence-corrected chi connectivity index (χ0v) is 14.7. The summed E-state index contributed by atoms with van der Waals surface area (Å²) in [4.78, 5) is 13.7. The number of likely N-dealkylation sites (tertiary alicyclic amines) is 1. The number of nitrogens with one attached hydrogen (secondary N) is 1. The number of ether oxygens (including phenoxy) is 1. The molecule has 3 rings (SSSR count). The molecule has 4 nitrogen and oxygen atoms in total. The summed E-state index contributed by atoms with van der Waals surface area (Å²) in [6, 6.07) is 13.6. The third kappa shape index (κ3) is 3.70. The van der Waals surface area contributed by atoms with E-state index in [1.54, 1.807) is 14.0 Å². The van der Waals surface area contributed by atoms with E-state index in [-0.39, 0.29) is 5.91 Å². The van der Waals surface area contributed by atoms with Crippen LogP contribution in [0.1, 0.15) is 38.3 Å². The second-order valence-electron chi connectivity index (χ2n) is 6.66. The maximum Gasteiger partial charge on any atom is 0.217 e. The molecule has 1 saturated heterocycles. The molecule has 1 atom stereocenters. The number of fused-ring (bicyclic) bond motifs is 1. The van der Waals surface area contributed by atoms with Crippen molar-refractivity contribution >= 4 is 16.7 Å². The number of hydrogen-bond acceptors (Lipinski definition) is 3. The van der Waals surface area contributed by atoms with Gasteiger partial charge in [-0.25, -0.2) is 0 Å². The fourth-order valence-electron chi connectivity index (χ4n) is 3.56. The Labute approximate surface area is 143 Å². The van der Waals surface area contributed by atoms with Crippen LogP contribution in [0.4, 0.5) is 0 Å². The number of piperidine rings is 1. The third-order valence-corrected chi connectivity index (χ3v) is 5.04. The van der Waals surface area contributed by atoms with Crippen molar-refractivity contribution in [3.63, 3.8) is 0 Å². The molecule has 0 radical (unpaired) electrons. The number of hydrogen-bond donors (Lipinski definition) is 1. The zero-order chi connectivity index (χ0) is 17.1. The summed E-state index contributed by atoms with van der Waals surface area (Å²) in [6.45, 7) is 5.90. The minimum Gasteiger partial charge on any atom is -0.497 e. The van der Waals surface area contributed by atoms with Crippen molar-refractivity contribution in [2.24, 2.45) is 0 Å². The molecule has 0 saturated carbocycles. The first-order valence-corrected chi connectivity index (χ1v) is 8.65. The lowest BCUT2D eigenvalue weighted by atomic mass is 9.98. The molecule has 1 N–H and O–H groups in total. The van der Waals surface area contributed by atoms with E-state index in [9.17, 15) is 4.79 Å². The number of methoxy groups -OCH3 is 1. The van der Waals surface area contributed by atoms with Crippen molar-refractivity contribution in [3.05, 3.63) is 42.0 Å². The molecule has 0 unspecified atom stereocenters. The molecule has 1 amide bonds. The van der Waals surface area contributed by atoms with Crippen LogP contribution < -0.4 is 10.1 Å². The Kier molecular flexibility index (Phi) is 5.05. The lowest BCUT2D eigenvalue weighted by molar-refractivity contribution is -0.120. The fraction of sp³-hybridized carbons (Fsp3) is 0.450. The molecule has 1 heterocycles. The van der Waals surface area contributed by atoms with Gasteiger partial charge in [-0.2, -0.15) is 0 Å². The van der Waals surface area contributed by atoms with Gasteiger partial charge in [-0.3, -0.25) is 9.69 Å². The molecular weight excluding hydrogens is 300 g/mol. The molecule has 24 heavy (non-hydrogen) atoms. The lowest BCUT2D eigenvalue weighted by Crippen LogP contribution is -2.44. The average molecular weight is 326 g/mol. The molecular formula is C20H26N2O2. The predicted molar refractivity (Wildman–Crippen MR) is 97.3 cm³/mol.